The topological polar surface area (TPSA) is 33.7 Å². The van der Waals surface area contributed by atoms with Crippen molar-refractivity contribution in [3.63, 3.8) is 0 Å². The lowest BCUT2D eigenvalue weighted by Gasteiger charge is -2.32. The van der Waals surface area contributed by atoms with E-state index in [9.17, 15) is 4.39 Å². The molecule has 1 N–H and O–H groups in total. The van der Waals surface area contributed by atoms with Gasteiger partial charge in [-0.05, 0) is 55.5 Å². The fourth-order valence-corrected chi connectivity index (χ4v) is 2.81. The highest BCUT2D eigenvalue weighted by molar-refractivity contribution is 7.80. The summed E-state index contributed by atoms with van der Waals surface area (Å²) in [6, 6.07) is 13.7. The zero-order valence-electron chi connectivity index (χ0n) is 13.4. The van der Waals surface area contributed by atoms with Crippen LogP contribution in [0.25, 0.3) is 0 Å². The number of nitrogens with one attached hydrogen (secondary N) is 1. The van der Waals surface area contributed by atoms with Crippen molar-refractivity contribution in [3.8, 4) is 11.5 Å². The number of likely N-dealkylation sites (N-methyl/N-ethyl adjacent to an activating group) is 1. The Morgan fingerprint density at radius 3 is 2.62 bits per heavy atom. The molecule has 0 aromatic heterocycles. The van der Waals surface area contributed by atoms with Gasteiger partial charge in [0.05, 0.1) is 6.54 Å². The molecule has 0 saturated carbocycles. The molecule has 24 heavy (non-hydrogen) atoms. The van der Waals surface area contributed by atoms with E-state index in [0.29, 0.717) is 18.3 Å². The minimum absolute atomic E-state index is 0.104. The summed E-state index contributed by atoms with van der Waals surface area (Å²) in [4.78, 5) is 2.00. The van der Waals surface area contributed by atoms with Crippen molar-refractivity contribution < 1.29 is 13.9 Å². The van der Waals surface area contributed by atoms with Crippen molar-refractivity contribution in [2.45, 2.75) is 13.0 Å². The molecule has 2 aromatic carbocycles. The van der Waals surface area contributed by atoms with Crippen molar-refractivity contribution in [3.05, 3.63) is 54.3 Å². The summed E-state index contributed by atoms with van der Waals surface area (Å²) < 4.78 is 24.7. The summed E-state index contributed by atoms with van der Waals surface area (Å²) in [5.41, 5.74) is 0.756. The first-order valence-electron chi connectivity index (χ1n) is 7.85. The molecule has 6 heteroatoms. The molecule has 126 valence electrons. The average molecular weight is 346 g/mol. The average Bonchev–Trinajstić information content (AvgIpc) is 2.61. The lowest BCUT2D eigenvalue weighted by atomic mass is 10.2. The van der Waals surface area contributed by atoms with E-state index >= 15 is 0 Å². The second-order valence-corrected chi connectivity index (χ2v) is 5.86. The van der Waals surface area contributed by atoms with Gasteiger partial charge in [0.25, 0.3) is 0 Å². The van der Waals surface area contributed by atoms with Crippen LogP contribution in [0.5, 0.6) is 11.5 Å². The number of fused-ring (bicyclic) bond motifs is 1. The second kappa shape index (κ2) is 7.49. The molecule has 0 radical (unpaired) electrons. The fraction of sp³-hybridized carbons (Fsp3) is 0.278. The highest BCUT2D eigenvalue weighted by Gasteiger charge is 2.23. The molecule has 2 aromatic rings. The lowest BCUT2D eigenvalue weighted by molar-refractivity contribution is 0.0754. The van der Waals surface area contributed by atoms with Gasteiger partial charge in [-0.1, -0.05) is 12.1 Å². The molecular formula is C18H19FN2O2S. The third-order valence-corrected chi connectivity index (χ3v) is 4.12. The fourth-order valence-electron chi connectivity index (χ4n) is 2.49. The van der Waals surface area contributed by atoms with Crippen molar-refractivity contribution in [1.82, 2.24) is 4.90 Å². The standard InChI is InChI=1S/C18H19FN2O2S/c1-2-21(18(24)20-14-9-7-13(19)8-10-14)11-15-12-22-16-5-3-4-6-17(16)23-15/h3-10,15H,2,11-12H2,1H3,(H,20,24). The van der Waals surface area contributed by atoms with Crippen LogP contribution in [0.4, 0.5) is 10.1 Å². The Labute approximate surface area is 146 Å². The third-order valence-electron chi connectivity index (χ3n) is 3.76. The molecule has 3 rings (SSSR count). The summed E-state index contributed by atoms with van der Waals surface area (Å²) in [6.45, 7) is 3.84. The normalized spacial score (nSPS) is 15.7. The van der Waals surface area contributed by atoms with Gasteiger partial charge >= 0.3 is 0 Å². The quantitative estimate of drug-likeness (QED) is 0.854. The van der Waals surface area contributed by atoms with E-state index in [1.807, 2.05) is 36.1 Å². The number of benzene rings is 2. The van der Waals surface area contributed by atoms with Crippen molar-refractivity contribution in [1.29, 1.82) is 0 Å². The number of hydrogen-bond acceptors (Lipinski definition) is 3. The summed E-state index contributed by atoms with van der Waals surface area (Å²) >= 11 is 5.46. The van der Waals surface area contributed by atoms with E-state index in [0.717, 1.165) is 23.7 Å². The summed E-state index contributed by atoms with van der Waals surface area (Å²) in [6.07, 6.45) is -0.104. The van der Waals surface area contributed by atoms with Crippen LogP contribution >= 0.6 is 12.2 Å². The maximum Gasteiger partial charge on any atom is 0.173 e. The van der Waals surface area contributed by atoms with Crippen LogP contribution < -0.4 is 14.8 Å². The third kappa shape index (κ3) is 3.94. The highest BCUT2D eigenvalue weighted by atomic mass is 32.1. The Balaban J connectivity index is 1.60. The smallest absolute Gasteiger partial charge is 0.173 e. The van der Waals surface area contributed by atoms with Crippen molar-refractivity contribution in [2.75, 3.05) is 25.0 Å². The van der Waals surface area contributed by atoms with Gasteiger partial charge in [-0.15, -0.1) is 0 Å². The van der Waals surface area contributed by atoms with Gasteiger partial charge in [0.2, 0.25) is 0 Å². The molecular weight excluding hydrogens is 327 g/mol. The maximum absolute atomic E-state index is 13.0. The number of ether oxygens (including phenoxy) is 2. The Bertz CT molecular complexity index is 708. The van der Waals surface area contributed by atoms with E-state index < -0.39 is 0 Å². The predicted octanol–water partition coefficient (Wildman–Crippen LogP) is 3.68. The Morgan fingerprint density at radius 2 is 1.92 bits per heavy atom. The van der Waals surface area contributed by atoms with E-state index in [1.165, 1.54) is 12.1 Å². The summed E-state index contributed by atoms with van der Waals surface area (Å²) in [7, 11) is 0. The van der Waals surface area contributed by atoms with Crippen molar-refractivity contribution >= 4 is 23.0 Å². The Hall–Kier alpha value is -2.34. The van der Waals surface area contributed by atoms with Crippen LogP contribution in [0.3, 0.4) is 0 Å². The van der Waals surface area contributed by atoms with Gasteiger partial charge in [-0.2, -0.15) is 0 Å². The zero-order valence-corrected chi connectivity index (χ0v) is 14.2. The van der Waals surface area contributed by atoms with Crippen LogP contribution in [0.1, 0.15) is 6.92 Å². The first kappa shape index (κ1) is 16.5. The second-order valence-electron chi connectivity index (χ2n) is 5.47. The zero-order chi connectivity index (χ0) is 16.9. The summed E-state index contributed by atoms with van der Waals surface area (Å²) in [5.74, 6) is 1.25. The number of thiocarbonyl (C=S) groups is 1. The summed E-state index contributed by atoms with van der Waals surface area (Å²) in [5, 5.41) is 3.70. The van der Waals surface area contributed by atoms with Crippen LogP contribution in [0.2, 0.25) is 0 Å². The van der Waals surface area contributed by atoms with Gasteiger partial charge in [0.15, 0.2) is 22.7 Å². The largest absolute Gasteiger partial charge is 0.486 e. The van der Waals surface area contributed by atoms with E-state index in [4.69, 9.17) is 21.7 Å². The number of para-hydroxylation sites is 2. The maximum atomic E-state index is 13.0. The number of hydrogen-bond donors (Lipinski definition) is 1. The van der Waals surface area contributed by atoms with Gasteiger partial charge in [-0.25, -0.2) is 4.39 Å². The molecule has 1 heterocycles. The predicted molar refractivity (Wildman–Crippen MR) is 96.2 cm³/mol. The Morgan fingerprint density at radius 1 is 1.21 bits per heavy atom. The minimum atomic E-state index is -0.273. The van der Waals surface area contributed by atoms with Crippen LogP contribution in [0.15, 0.2) is 48.5 Å². The molecule has 1 atom stereocenters. The molecule has 0 saturated heterocycles. The van der Waals surface area contributed by atoms with E-state index in [1.54, 1.807) is 12.1 Å². The van der Waals surface area contributed by atoms with Gasteiger partial charge in [0.1, 0.15) is 12.4 Å². The molecule has 1 aliphatic heterocycles. The molecule has 4 nitrogen and oxygen atoms in total. The minimum Gasteiger partial charge on any atom is -0.486 e. The van der Waals surface area contributed by atoms with Crippen LogP contribution in [-0.4, -0.2) is 35.8 Å². The Kier molecular flexibility index (Phi) is 5.15. The number of nitrogens with zero attached hydrogens (tertiary/aromatic N) is 1. The van der Waals surface area contributed by atoms with Gasteiger partial charge in [-0.3, -0.25) is 0 Å². The molecule has 1 unspecified atom stereocenters. The van der Waals surface area contributed by atoms with E-state index in [2.05, 4.69) is 5.32 Å². The van der Waals surface area contributed by atoms with Crippen molar-refractivity contribution in [2.24, 2.45) is 0 Å². The molecule has 0 aliphatic carbocycles. The number of rotatable bonds is 4. The van der Waals surface area contributed by atoms with E-state index in [-0.39, 0.29) is 11.9 Å². The first-order valence-corrected chi connectivity index (χ1v) is 8.26. The number of anilines is 1. The monoisotopic (exact) mass is 346 g/mol. The number of halogens is 1. The highest BCUT2D eigenvalue weighted by Crippen LogP contribution is 2.31. The lowest BCUT2D eigenvalue weighted by Crippen LogP contribution is -2.45. The van der Waals surface area contributed by atoms with Crippen LogP contribution in [0, 0.1) is 5.82 Å². The SMILES string of the molecule is CCN(CC1COc2ccccc2O1)C(=S)Nc1ccc(F)cc1. The molecule has 0 fully saturated rings. The molecule has 0 amide bonds. The first-order chi connectivity index (χ1) is 11.7. The molecule has 0 spiro atoms. The molecule has 0 bridgehead atoms. The van der Waals surface area contributed by atoms with Crippen LogP contribution in [-0.2, 0) is 0 Å². The van der Waals surface area contributed by atoms with Gasteiger partial charge < -0.3 is 19.7 Å². The van der Waals surface area contributed by atoms with Gasteiger partial charge in [0, 0.05) is 12.2 Å². The molecule has 1 aliphatic rings.